The molecule has 2 aromatic rings. The summed E-state index contributed by atoms with van der Waals surface area (Å²) in [5.74, 6) is -7.15. The first kappa shape index (κ1) is 29.1. The fourth-order valence-electron chi connectivity index (χ4n) is 3.43. The standard InChI is InChI=1S/C22H28N6O8S/c23-12(5-10-8-25-13-4-2-1-3-11(10)13)19(32)26-15(7-18(30)31)21(34)27-14(6-17(24)29)20(33)28-16(9-37)22(35)36/h1-4,8,12,14-16,25,37H,5-7,9,23H2,(H2,24,29)(H,26,32)(H,27,34)(H,28,33)(H,30,31)(H,35,36). The van der Waals surface area contributed by atoms with Crippen LogP contribution in [-0.4, -0.2) is 80.7 Å². The van der Waals surface area contributed by atoms with E-state index in [1.54, 1.807) is 6.20 Å². The summed E-state index contributed by atoms with van der Waals surface area (Å²) >= 11 is 3.81. The van der Waals surface area contributed by atoms with Crippen molar-refractivity contribution >= 4 is 59.1 Å². The quantitative estimate of drug-likeness (QED) is 0.119. The number of thiol groups is 1. The molecule has 200 valence electrons. The van der Waals surface area contributed by atoms with Gasteiger partial charge in [0, 0.05) is 22.9 Å². The molecule has 0 radical (unpaired) electrons. The zero-order valence-corrected chi connectivity index (χ0v) is 20.4. The lowest BCUT2D eigenvalue weighted by atomic mass is 10.0. The second kappa shape index (κ2) is 13.3. The first-order valence-electron chi connectivity index (χ1n) is 11.0. The number of aromatic nitrogens is 1. The molecular weight excluding hydrogens is 508 g/mol. The predicted molar refractivity (Wildman–Crippen MR) is 133 cm³/mol. The van der Waals surface area contributed by atoms with E-state index < -0.39 is 72.6 Å². The normalized spacial score (nSPS) is 14.1. The summed E-state index contributed by atoms with van der Waals surface area (Å²) in [5, 5.41) is 25.6. The third-order valence-electron chi connectivity index (χ3n) is 5.30. The van der Waals surface area contributed by atoms with Gasteiger partial charge in [-0.2, -0.15) is 12.6 Å². The van der Waals surface area contributed by atoms with Crippen LogP contribution in [0.1, 0.15) is 18.4 Å². The van der Waals surface area contributed by atoms with Crippen LogP contribution in [0, 0.1) is 0 Å². The van der Waals surface area contributed by atoms with Crippen LogP contribution in [0.4, 0.5) is 0 Å². The van der Waals surface area contributed by atoms with Crippen molar-refractivity contribution in [3.8, 4) is 0 Å². The van der Waals surface area contributed by atoms with Gasteiger partial charge in [-0.1, -0.05) is 18.2 Å². The number of benzene rings is 1. The molecule has 10 N–H and O–H groups in total. The molecule has 1 aromatic heterocycles. The molecule has 0 bridgehead atoms. The molecule has 0 fully saturated rings. The minimum absolute atomic E-state index is 0.0737. The Morgan fingerprint density at radius 1 is 0.892 bits per heavy atom. The summed E-state index contributed by atoms with van der Waals surface area (Å²) in [4.78, 5) is 75.0. The number of nitrogens with two attached hydrogens (primary N) is 2. The average Bonchev–Trinajstić information content (AvgIpc) is 3.23. The van der Waals surface area contributed by atoms with Crippen molar-refractivity contribution in [2.75, 3.05) is 5.75 Å². The third-order valence-corrected chi connectivity index (χ3v) is 5.66. The number of primary amides is 1. The summed E-state index contributed by atoms with van der Waals surface area (Å²) in [7, 11) is 0. The number of carbonyl (C=O) groups is 6. The lowest BCUT2D eigenvalue weighted by molar-refractivity contribution is -0.143. The van der Waals surface area contributed by atoms with Crippen molar-refractivity contribution in [2.24, 2.45) is 11.5 Å². The SMILES string of the molecule is NC(=O)CC(NC(=O)C(CC(=O)O)NC(=O)C(N)Cc1c[nH]c2ccccc12)C(=O)NC(CS)C(=O)O. The van der Waals surface area contributed by atoms with E-state index in [1.807, 2.05) is 24.3 Å². The molecule has 4 atom stereocenters. The highest BCUT2D eigenvalue weighted by atomic mass is 32.1. The van der Waals surface area contributed by atoms with E-state index in [2.05, 4.69) is 33.6 Å². The number of para-hydroxylation sites is 1. The minimum atomic E-state index is -1.66. The number of rotatable bonds is 14. The molecular formula is C22H28N6O8S. The van der Waals surface area contributed by atoms with Gasteiger partial charge in [0.05, 0.1) is 18.9 Å². The molecule has 4 amide bonds. The van der Waals surface area contributed by atoms with Gasteiger partial charge in [0.2, 0.25) is 23.6 Å². The maximum absolute atomic E-state index is 12.8. The Labute approximate surface area is 215 Å². The summed E-state index contributed by atoms with van der Waals surface area (Å²) in [5.41, 5.74) is 12.7. The topological polar surface area (TPSA) is 247 Å². The second-order valence-corrected chi connectivity index (χ2v) is 8.51. The Morgan fingerprint density at radius 3 is 2.03 bits per heavy atom. The van der Waals surface area contributed by atoms with Crippen molar-refractivity contribution in [3.05, 3.63) is 36.0 Å². The summed E-state index contributed by atoms with van der Waals surface area (Å²) in [6, 6.07) is 1.43. The van der Waals surface area contributed by atoms with Crippen molar-refractivity contribution in [2.45, 2.75) is 43.4 Å². The van der Waals surface area contributed by atoms with Crippen molar-refractivity contribution in [1.29, 1.82) is 0 Å². The Balaban J connectivity index is 2.13. The summed E-state index contributed by atoms with van der Waals surface area (Å²) in [6.45, 7) is 0. The van der Waals surface area contributed by atoms with E-state index >= 15 is 0 Å². The number of hydrogen-bond donors (Lipinski definition) is 9. The molecule has 1 aromatic carbocycles. The third kappa shape index (κ3) is 8.50. The van der Waals surface area contributed by atoms with E-state index in [9.17, 15) is 33.9 Å². The van der Waals surface area contributed by atoms with Gasteiger partial charge in [-0.15, -0.1) is 0 Å². The molecule has 0 aliphatic rings. The number of H-pyrrole nitrogens is 1. The molecule has 0 aliphatic heterocycles. The molecule has 1 heterocycles. The van der Waals surface area contributed by atoms with E-state index in [0.29, 0.717) is 0 Å². The second-order valence-electron chi connectivity index (χ2n) is 8.14. The smallest absolute Gasteiger partial charge is 0.327 e. The minimum Gasteiger partial charge on any atom is -0.481 e. The molecule has 2 rings (SSSR count). The fraction of sp³-hybridized carbons (Fsp3) is 0.364. The van der Waals surface area contributed by atoms with E-state index in [0.717, 1.165) is 16.5 Å². The van der Waals surface area contributed by atoms with Crippen LogP contribution >= 0.6 is 12.6 Å². The van der Waals surface area contributed by atoms with E-state index in [-0.39, 0.29) is 12.2 Å². The van der Waals surface area contributed by atoms with Gasteiger partial charge >= 0.3 is 11.9 Å². The number of aromatic amines is 1. The van der Waals surface area contributed by atoms with Crippen molar-refractivity contribution < 1.29 is 39.0 Å². The molecule has 15 heteroatoms. The molecule has 0 aliphatic carbocycles. The predicted octanol–water partition coefficient (Wildman–Crippen LogP) is -2.14. The number of nitrogens with one attached hydrogen (secondary N) is 4. The maximum atomic E-state index is 12.8. The molecule has 4 unspecified atom stereocenters. The van der Waals surface area contributed by atoms with Gasteiger partial charge in [-0.3, -0.25) is 24.0 Å². The number of fused-ring (bicyclic) bond motifs is 1. The number of aliphatic carboxylic acids is 2. The Bertz CT molecular complexity index is 1180. The average molecular weight is 537 g/mol. The Kier molecular flexibility index (Phi) is 10.4. The molecule has 0 saturated carbocycles. The maximum Gasteiger partial charge on any atom is 0.327 e. The molecule has 0 spiro atoms. The fourth-order valence-corrected chi connectivity index (χ4v) is 3.68. The van der Waals surface area contributed by atoms with Gasteiger partial charge < -0.3 is 42.6 Å². The first-order chi connectivity index (χ1) is 17.4. The monoisotopic (exact) mass is 536 g/mol. The van der Waals surface area contributed by atoms with Crippen molar-refractivity contribution in [1.82, 2.24) is 20.9 Å². The van der Waals surface area contributed by atoms with Crippen LogP contribution in [-0.2, 0) is 35.2 Å². The number of carboxylic acids is 2. The van der Waals surface area contributed by atoms with Crippen molar-refractivity contribution in [3.63, 3.8) is 0 Å². The summed E-state index contributed by atoms with van der Waals surface area (Å²) in [6.07, 6.45) is 0.173. The number of carbonyl (C=O) groups excluding carboxylic acids is 4. The first-order valence-corrected chi connectivity index (χ1v) is 11.6. The van der Waals surface area contributed by atoms with Gasteiger partial charge in [0.1, 0.15) is 18.1 Å². The Hall–Kier alpha value is -4.11. The van der Waals surface area contributed by atoms with Crippen LogP contribution in [0.25, 0.3) is 10.9 Å². The van der Waals surface area contributed by atoms with Crippen LogP contribution < -0.4 is 27.4 Å². The molecule has 37 heavy (non-hydrogen) atoms. The van der Waals surface area contributed by atoms with E-state index in [1.165, 1.54) is 0 Å². The summed E-state index contributed by atoms with van der Waals surface area (Å²) < 4.78 is 0. The van der Waals surface area contributed by atoms with Crippen LogP contribution in [0.15, 0.2) is 30.5 Å². The van der Waals surface area contributed by atoms with E-state index in [4.69, 9.17) is 16.6 Å². The van der Waals surface area contributed by atoms with Gasteiger partial charge in [-0.05, 0) is 18.1 Å². The Morgan fingerprint density at radius 2 is 1.46 bits per heavy atom. The highest BCUT2D eigenvalue weighted by Gasteiger charge is 2.32. The van der Waals surface area contributed by atoms with Crippen LogP contribution in [0.5, 0.6) is 0 Å². The lowest BCUT2D eigenvalue weighted by Crippen LogP contribution is -2.58. The zero-order valence-electron chi connectivity index (χ0n) is 19.5. The molecule has 0 saturated heterocycles. The molecule has 14 nitrogen and oxygen atoms in total. The van der Waals surface area contributed by atoms with Gasteiger partial charge in [0.25, 0.3) is 0 Å². The number of hydrogen-bond acceptors (Lipinski definition) is 8. The highest BCUT2D eigenvalue weighted by Crippen LogP contribution is 2.18. The highest BCUT2D eigenvalue weighted by molar-refractivity contribution is 7.80. The largest absolute Gasteiger partial charge is 0.481 e. The van der Waals surface area contributed by atoms with Gasteiger partial charge in [0.15, 0.2) is 0 Å². The number of carboxylic acid groups (broad SMARTS) is 2. The number of amides is 4. The zero-order chi connectivity index (χ0) is 27.7. The van der Waals surface area contributed by atoms with Crippen LogP contribution in [0.3, 0.4) is 0 Å². The van der Waals surface area contributed by atoms with Crippen LogP contribution in [0.2, 0.25) is 0 Å². The van der Waals surface area contributed by atoms with Gasteiger partial charge in [-0.25, -0.2) is 4.79 Å². The lowest BCUT2D eigenvalue weighted by Gasteiger charge is -2.23.